The van der Waals surface area contributed by atoms with Gasteiger partial charge >= 0.3 is 21.2 Å². The first-order chi connectivity index (χ1) is 16.4. The third-order valence-corrected chi connectivity index (χ3v) is 8.11. The molecule has 0 aliphatic heterocycles. The van der Waals surface area contributed by atoms with Crippen molar-refractivity contribution in [3.05, 3.63) is 155 Å². The predicted molar refractivity (Wildman–Crippen MR) is 141 cm³/mol. The highest BCUT2D eigenvalue weighted by Crippen LogP contribution is 2.09. The maximum Gasteiger partial charge on any atom is 0.309 e. The SMILES string of the molecule is C[I+]c1ccccc1.c1ccc([B-](c2ccccc2)(c2ccccc2)c2ccccc2)cc1. The van der Waals surface area contributed by atoms with E-state index < -0.39 is 6.15 Å². The molecule has 5 aromatic carbocycles. The normalized spacial score (nSPS) is 10.7. The molecule has 33 heavy (non-hydrogen) atoms. The maximum absolute atomic E-state index is 2.27. The van der Waals surface area contributed by atoms with E-state index in [0.717, 1.165) is 0 Å². The molecular formula is C31H28BI. The molecule has 0 spiro atoms. The highest BCUT2D eigenvalue weighted by molar-refractivity contribution is 7.19. The molecule has 5 aromatic rings. The van der Waals surface area contributed by atoms with E-state index in [1.165, 1.54) is 25.4 Å². The van der Waals surface area contributed by atoms with Gasteiger partial charge in [-0.15, -0.1) is 0 Å². The van der Waals surface area contributed by atoms with E-state index in [9.17, 15) is 0 Å². The van der Waals surface area contributed by atoms with Crippen molar-refractivity contribution in [3.8, 4) is 0 Å². The van der Waals surface area contributed by atoms with Crippen molar-refractivity contribution in [1.82, 2.24) is 0 Å². The Bertz CT molecular complexity index is 1050. The molecule has 0 aliphatic rings. The molecule has 0 saturated heterocycles. The molecule has 5 rings (SSSR count). The fraction of sp³-hybridized carbons (Fsp3) is 0.0323. The number of alkyl halides is 1. The van der Waals surface area contributed by atoms with Crippen molar-refractivity contribution in [2.24, 2.45) is 0 Å². The van der Waals surface area contributed by atoms with Gasteiger partial charge in [-0.3, -0.25) is 0 Å². The second kappa shape index (κ2) is 11.7. The molecule has 0 nitrogen and oxygen atoms in total. The second-order valence-corrected chi connectivity index (χ2v) is 10.3. The number of hydrogen-bond acceptors (Lipinski definition) is 0. The van der Waals surface area contributed by atoms with Gasteiger partial charge in [0.1, 0.15) is 11.1 Å². The Kier molecular flexibility index (Phi) is 8.16. The quantitative estimate of drug-likeness (QED) is 0.182. The lowest BCUT2D eigenvalue weighted by atomic mass is 9.13. The smallest absolute Gasteiger partial charge is 0.195 e. The molecule has 0 amide bonds. The van der Waals surface area contributed by atoms with Crippen LogP contribution in [0.15, 0.2) is 152 Å². The van der Waals surface area contributed by atoms with Gasteiger partial charge in [0.15, 0.2) is 3.57 Å². The number of halogens is 1. The van der Waals surface area contributed by atoms with Crippen molar-refractivity contribution in [2.75, 3.05) is 4.93 Å². The number of rotatable bonds is 5. The molecule has 0 N–H and O–H groups in total. The first-order valence-electron chi connectivity index (χ1n) is 11.3. The third-order valence-electron chi connectivity index (χ3n) is 6.15. The molecule has 2 heteroatoms. The van der Waals surface area contributed by atoms with Gasteiger partial charge in [0.2, 0.25) is 0 Å². The Morgan fingerprint density at radius 2 is 0.606 bits per heavy atom. The molecule has 0 radical (unpaired) electrons. The molecule has 0 fully saturated rings. The van der Waals surface area contributed by atoms with E-state index in [2.05, 4.69) is 157 Å². The predicted octanol–water partition coefficient (Wildman–Crippen LogP) is 1.64. The fourth-order valence-corrected chi connectivity index (χ4v) is 5.80. The topological polar surface area (TPSA) is 0 Å². The van der Waals surface area contributed by atoms with Gasteiger partial charge in [0, 0.05) is 0 Å². The van der Waals surface area contributed by atoms with E-state index in [1.54, 1.807) is 0 Å². The molecule has 0 saturated carbocycles. The second-order valence-electron chi connectivity index (χ2n) is 7.99. The fourth-order valence-electron chi connectivity index (χ4n) is 4.66. The Morgan fingerprint density at radius 3 is 0.818 bits per heavy atom. The van der Waals surface area contributed by atoms with Gasteiger partial charge in [-0.1, -0.05) is 140 Å². The van der Waals surface area contributed by atoms with Crippen molar-refractivity contribution >= 4 is 28.0 Å². The Morgan fingerprint density at radius 1 is 0.364 bits per heavy atom. The lowest BCUT2D eigenvalue weighted by Crippen LogP contribution is -3.60. The maximum atomic E-state index is 2.27. The van der Waals surface area contributed by atoms with Crippen LogP contribution in [0.5, 0.6) is 0 Å². The van der Waals surface area contributed by atoms with E-state index in [0.29, 0.717) is 21.2 Å². The number of benzene rings is 5. The highest BCUT2D eigenvalue weighted by Gasteiger charge is 2.30. The Balaban J connectivity index is 0.000000275. The molecule has 0 heterocycles. The Labute approximate surface area is 208 Å². The molecule has 0 bridgehead atoms. The summed E-state index contributed by atoms with van der Waals surface area (Å²) in [5.41, 5.74) is 5.36. The van der Waals surface area contributed by atoms with Gasteiger partial charge in [-0.2, -0.15) is 21.9 Å². The van der Waals surface area contributed by atoms with E-state index in [4.69, 9.17) is 0 Å². The van der Waals surface area contributed by atoms with Crippen LogP contribution in [0.25, 0.3) is 0 Å². The third kappa shape index (κ3) is 5.28. The minimum absolute atomic E-state index is 0.309. The van der Waals surface area contributed by atoms with Crippen LogP contribution in [0.3, 0.4) is 0 Å². The number of hydrogen-bond donors (Lipinski definition) is 0. The summed E-state index contributed by atoms with van der Waals surface area (Å²) in [5, 5.41) is 0. The minimum Gasteiger partial charge on any atom is -0.195 e. The van der Waals surface area contributed by atoms with Crippen LogP contribution in [0.2, 0.25) is 0 Å². The first-order valence-corrected chi connectivity index (χ1v) is 14.5. The van der Waals surface area contributed by atoms with Gasteiger partial charge in [-0.25, -0.2) is 0 Å². The van der Waals surface area contributed by atoms with Crippen LogP contribution >= 0.6 is 0 Å². The summed E-state index contributed by atoms with van der Waals surface area (Å²) in [6.07, 6.45) is -1.22. The summed E-state index contributed by atoms with van der Waals surface area (Å²) in [7, 11) is 0. The van der Waals surface area contributed by atoms with Gasteiger partial charge in [0.05, 0.1) is 0 Å². The van der Waals surface area contributed by atoms with Crippen LogP contribution in [0, 0.1) is 3.57 Å². The molecule has 0 aliphatic carbocycles. The van der Waals surface area contributed by atoms with Gasteiger partial charge in [-0.05, 0) is 12.1 Å². The molecular weight excluding hydrogens is 510 g/mol. The van der Waals surface area contributed by atoms with E-state index in [1.807, 2.05) is 0 Å². The van der Waals surface area contributed by atoms with Crippen LogP contribution in [0.1, 0.15) is 0 Å². The zero-order chi connectivity index (χ0) is 22.8. The summed E-state index contributed by atoms with van der Waals surface area (Å²) in [4.78, 5) is 2.27. The van der Waals surface area contributed by atoms with E-state index >= 15 is 0 Å². The van der Waals surface area contributed by atoms with Gasteiger partial charge in [0.25, 0.3) is 0 Å². The minimum atomic E-state index is -1.22. The van der Waals surface area contributed by atoms with Crippen LogP contribution in [-0.4, -0.2) is 11.1 Å². The molecule has 0 aromatic heterocycles. The molecule has 162 valence electrons. The van der Waals surface area contributed by atoms with E-state index in [-0.39, 0.29) is 0 Å². The molecule has 0 unspecified atom stereocenters. The van der Waals surface area contributed by atoms with Crippen molar-refractivity contribution < 1.29 is 21.2 Å². The summed E-state index contributed by atoms with van der Waals surface area (Å²) in [6.45, 7) is 0. The summed E-state index contributed by atoms with van der Waals surface area (Å²) >= 11 is 0.309. The largest absolute Gasteiger partial charge is 0.309 e. The average molecular weight is 538 g/mol. The van der Waals surface area contributed by atoms with Crippen LogP contribution in [-0.2, 0) is 0 Å². The average Bonchev–Trinajstić information content (AvgIpc) is 2.92. The zero-order valence-electron chi connectivity index (χ0n) is 18.9. The van der Waals surface area contributed by atoms with Crippen molar-refractivity contribution in [1.29, 1.82) is 0 Å². The van der Waals surface area contributed by atoms with Crippen LogP contribution in [0.4, 0.5) is 0 Å². The van der Waals surface area contributed by atoms with Gasteiger partial charge < -0.3 is 0 Å². The monoisotopic (exact) mass is 538 g/mol. The summed E-state index contributed by atoms with van der Waals surface area (Å²) < 4.78 is 1.52. The summed E-state index contributed by atoms with van der Waals surface area (Å²) in [5.74, 6) is 0. The lowest BCUT2D eigenvalue weighted by molar-refractivity contribution is -0.597. The lowest BCUT2D eigenvalue weighted by Gasteiger charge is -2.44. The van der Waals surface area contributed by atoms with Crippen molar-refractivity contribution in [3.63, 3.8) is 0 Å². The first kappa shape index (κ1) is 23.1. The Hall–Kier alpha value is -3.11. The highest BCUT2D eigenvalue weighted by atomic mass is 127. The summed E-state index contributed by atoms with van der Waals surface area (Å²) in [6, 6.07) is 54.2. The molecule has 0 atom stereocenters. The van der Waals surface area contributed by atoms with Crippen molar-refractivity contribution in [2.45, 2.75) is 0 Å². The zero-order valence-corrected chi connectivity index (χ0v) is 21.0. The standard InChI is InChI=1S/C24H20B.C7H8I/c1-5-13-21(14-6-1)25(22-15-7-2-8-16-22,23-17-9-3-10-18-23)24-19-11-4-12-20-24;1-8-7-5-3-2-4-6-7/h1-20H;2-6H,1H3/q-1;+1. The van der Waals surface area contributed by atoms with Crippen LogP contribution < -0.4 is 43.1 Å².